The molecule has 1 atom stereocenters. The number of sulfonamides is 1. The molecule has 5 nitrogen and oxygen atoms in total. The van der Waals surface area contributed by atoms with Crippen molar-refractivity contribution < 1.29 is 17.9 Å². The maximum atomic E-state index is 11.3. The molecule has 0 heterocycles. The van der Waals surface area contributed by atoms with Crippen LogP contribution >= 0.6 is 0 Å². The highest BCUT2D eigenvalue weighted by molar-refractivity contribution is 7.89. The number of primary sulfonamides is 1. The average Bonchev–Trinajstić information content (AvgIpc) is 2.40. The van der Waals surface area contributed by atoms with Crippen molar-refractivity contribution in [1.29, 1.82) is 0 Å². The highest BCUT2D eigenvalue weighted by Crippen LogP contribution is 2.17. The number of hydrogen-bond acceptors (Lipinski definition) is 4. The Hall–Kier alpha value is -0.950. The summed E-state index contributed by atoms with van der Waals surface area (Å²) in [6, 6.07) is 9.40. The molecule has 0 aliphatic rings. The minimum atomic E-state index is -3.54. The Balaban J connectivity index is 2.44. The highest BCUT2D eigenvalue weighted by atomic mass is 32.2. The number of benzene rings is 1. The van der Waals surface area contributed by atoms with Gasteiger partial charge in [0.05, 0.1) is 25.6 Å². The molecule has 0 aliphatic carbocycles. The number of nitrogens with two attached hydrogens (primary N) is 1. The SMILES string of the molecule is CC(C)COCCOCC(CS(N)(=O)=O)c1ccccc1. The van der Waals surface area contributed by atoms with Gasteiger partial charge in [0.1, 0.15) is 0 Å². The molecule has 2 N–H and O–H groups in total. The largest absolute Gasteiger partial charge is 0.379 e. The maximum Gasteiger partial charge on any atom is 0.209 e. The normalized spacial score (nSPS) is 13.5. The van der Waals surface area contributed by atoms with Gasteiger partial charge in [-0.3, -0.25) is 0 Å². The van der Waals surface area contributed by atoms with Crippen LogP contribution in [0.2, 0.25) is 0 Å². The molecule has 1 rings (SSSR count). The van der Waals surface area contributed by atoms with Gasteiger partial charge in [-0.25, -0.2) is 13.6 Å². The minimum Gasteiger partial charge on any atom is -0.379 e. The van der Waals surface area contributed by atoms with E-state index in [-0.39, 0.29) is 11.7 Å². The summed E-state index contributed by atoms with van der Waals surface area (Å²) in [5, 5.41) is 5.15. The fraction of sp³-hybridized carbons (Fsp3) is 0.600. The zero-order valence-corrected chi connectivity index (χ0v) is 13.5. The number of hydrogen-bond donors (Lipinski definition) is 1. The molecule has 0 amide bonds. The lowest BCUT2D eigenvalue weighted by atomic mass is 10.0. The lowest BCUT2D eigenvalue weighted by molar-refractivity contribution is 0.0344. The Morgan fingerprint density at radius 3 is 2.14 bits per heavy atom. The molecule has 0 aliphatic heterocycles. The third-order valence-corrected chi connectivity index (χ3v) is 3.71. The zero-order valence-electron chi connectivity index (χ0n) is 12.7. The smallest absolute Gasteiger partial charge is 0.209 e. The predicted molar refractivity (Wildman–Crippen MR) is 83.6 cm³/mol. The highest BCUT2D eigenvalue weighted by Gasteiger charge is 2.18. The van der Waals surface area contributed by atoms with E-state index in [1.54, 1.807) is 0 Å². The van der Waals surface area contributed by atoms with Crippen LogP contribution in [0.1, 0.15) is 25.3 Å². The monoisotopic (exact) mass is 315 g/mol. The van der Waals surface area contributed by atoms with Crippen LogP contribution in [-0.2, 0) is 19.5 Å². The lowest BCUT2D eigenvalue weighted by Crippen LogP contribution is -2.25. The van der Waals surface area contributed by atoms with Crippen molar-refractivity contribution in [2.75, 3.05) is 32.2 Å². The van der Waals surface area contributed by atoms with Crippen LogP contribution in [0.4, 0.5) is 0 Å². The van der Waals surface area contributed by atoms with Gasteiger partial charge < -0.3 is 9.47 Å². The molecule has 0 saturated heterocycles. The summed E-state index contributed by atoms with van der Waals surface area (Å²) < 4.78 is 33.6. The van der Waals surface area contributed by atoms with E-state index in [0.29, 0.717) is 32.3 Å². The zero-order chi connectivity index (χ0) is 15.7. The van der Waals surface area contributed by atoms with Gasteiger partial charge in [0.2, 0.25) is 10.0 Å². The standard InChI is InChI=1S/C15H25NO4S/c1-13(2)10-19-8-9-20-11-15(12-21(16,17)18)14-6-4-3-5-7-14/h3-7,13,15H,8-12H2,1-2H3,(H2,16,17,18). The first-order chi connectivity index (χ1) is 9.88. The van der Waals surface area contributed by atoms with Gasteiger partial charge in [-0.05, 0) is 11.5 Å². The second kappa shape index (κ2) is 9.15. The Morgan fingerprint density at radius 2 is 1.62 bits per heavy atom. The molecule has 0 bridgehead atoms. The molecule has 0 aromatic heterocycles. The van der Waals surface area contributed by atoms with E-state index in [0.717, 1.165) is 5.56 Å². The maximum absolute atomic E-state index is 11.3. The van der Waals surface area contributed by atoms with Gasteiger partial charge in [0.15, 0.2) is 0 Å². The minimum absolute atomic E-state index is 0.121. The summed E-state index contributed by atoms with van der Waals surface area (Å²) in [5.74, 6) is 0.111. The van der Waals surface area contributed by atoms with Crippen LogP contribution in [0.25, 0.3) is 0 Å². The van der Waals surface area contributed by atoms with Crippen molar-refractivity contribution in [1.82, 2.24) is 0 Å². The summed E-state index contributed by atoms with van der Waals surface area (Å²) in [4.78, 5) is 0. The third-order valence-electron chi connectivity index (χ3n) is 2.85. The molecule has 6 heteroatoms. The van der Waals surface area contributed by atoms with E-state index in [4.69, 9.17) is 14.6 Å². The van der Waals surface area contributed by atoms with Gasteiger partial charge in [-0.2, -0.15) is 0 Å². The molecule has 1 unspecified atom stereocenters. The van der Waals surface area contributed by atoms with Gasteiger partial charge in [0.25, 0.3) is 0 Å². The molecule has 21 heavy (non-hydrogen) atoms. The van der Waals surface area contributed by atoms with E-state index >= 15 is 0 Å². The summed E-state index contributed by atoms with van der Waals surface area (Å²) in [6.07, 6.45) is 0. The van der Waals surface area contributed by atoms with E-state index in [9.17, 15) is 8.42 Å². The van der Waals surface area contributed by atoms with E-state index in [2.05, 4.69) is 13.8 Å². The van der Waals surface area contributed by atoms with Crippen molar-refractivity contribution in [2.24, 2.45) is 11.1 Å². The molecule has 1 aromatic rings. The fourth-order valence-corrected chi connectivity index (χ4v) is 2.76. The Morgan fingerprint density at radius 1 is 1.05 bits per heavy atom. The molecule has 120 valence electrons. The first kappa shape index (κ1) is 18.1. The second-order valence-electron chi connectivity index (χ2n) is 5.48. The molecule has 0 spiro atoms. The fourth-order valence-electron chi connectivity index (χ4n) is 1.91. The molecular weight excluding hydrogens is 290 g/mol. The Kier molecular flexibility index (Phi) is 7.88. The molecule has 0 saturated carbocycles. The van der Waals surface area contributed by atoms with Crippen LogP contribution < -0.4 is 5.14 Å². The third kappa shape index (κ3) is 8.83. The van der Waals surface area contributed by atoms with Gasteiger partial charge >= 0.3 is 0 Å². The second-order valence-corrected chi connectivity index (χ2v) is 7.14. The van der Waals surface area contributed by atoms with Crippen molar-refractivity contribution in [3.63, 3.8) is 0 Å². The van der Waals surface area contributed by atoms with Crippen LogP contribution in [0.3, 0.4) is 0 Å². The van der Waals surface area contributed by atoms with Crippen LogP contribution in [-0.4, -0.2) is 40.6 Å². The van der Waals surface area contributed by atoms with E-state index < -0.39 is 10.0 Å². The van der Waals surface area contributed by atoms with Crippen LogP contribution in [0.15, 0.2) is 30.3 Å². The number of ether oxygens (including phenoxy) is 2. The van der Waals surface area contributed by atoms with E-state index in [1.807, 2.05) is 30.3 Å². The lowest BCUT2D eigenvalue weighted by Gasteiger charge is -2.16. The summed E-state index contributed by atoms with van der Waals surface area (Å²) in [6.45, 7) is 6.13. The van der Waals surface area contributed by atoms with Gasteiger partial charge in [-0.1, -0.05) is 44.2 Å². The summed E-state index contributed by atoms with van der Waals surface area (Å²) >= 11 is 0. The van der Waals surface area contributed by atoms with Crippen molar-refractivity contribution >= 4 is 10.0 Å². The van der Waals surface area contributed by atoms with Gasteiger partial charge in [0, 0.05) is 12.5 Å². The quantitative estimate of drug-likeness (QED) is 0.667. The first-order valence-electron chi connectivity index (χ1n) is 7.09. The summed E-state index contributed by atoms with van der Waals surface area (Å²) in [7, 11) is -3.54. The molecule has 0 radical (unpaired) electrons. The average molecular weight is 315 g/mol. The predicted octanol–water partition coefficient (Wildman–Crippen LogP) is 1.75. The van der Waals surface area contributed by atoms with Crippen LogP contribution in [0.5, 0.6) is 0 Å². The Labute approximate surface area is 127 Å². The number of rotatable bonds is 10. The topological polar surface area (TPSA) is 78.6 Å². The van der Waals surface area contributed by atoms with Crippen LogP contribution in [0, 0.1) is 5.92 Å². The first-order valence-corrected chi connectivity index (χ1v) is 8.81. The van der Waals surface area contributed by atoms with Gasteiger partial charge in [-0.15, -0.1) is 0 Å². The van der Waals surface area contributed by atoms with E-state index in [1.165, 1.54) is 0 Å². The van der Waals surface area contributed by atoms with Crippen molar-refractivity contribution in [3.05, 3.63) is 35.9 Å². The summed E-state index contributed by atoms with van der Waals surface area (Å²) in [5.41, 5.74) is 0.912. The molecule has 0 fully saturated rings. The van der Waals surface area contributed by atoms with Crippen molar-refractivity contribution in [3.8, 4) is 0 Å². The molecule has 1 aromatic carbocycles. The van der Waals surface area contributed by atoms with Crippen molar-refractivity contribution in [2.45, 2.75) is 19.8 Å². The Bertz CT molecular complexity index is 488. The molecular formula is C15H25NO4S.